The third-order valence-corrected chi connectivity index (χ3v) is 4.87. The molecule has 0 fully saturated rings. The zero-order chi connectivity index (χ0) is 19.9. The van der Waals surface area contributed by atoms with Gasteiger partial charge in [-0.1, -0.05) is 56.6 Å². The molecule has 0 spiro atoms. The highest BCUT2D eigenvalue weighted by Gasteiger charge is 2.15. The number of carbonyl (C=O) groups is 1. The summed E-state index contributed by atoms with van der Waals surface area (Å²) in [5.74, 6) is 0.615. The van der Waals surface area contributed by atoms with Gasteiger partial charge in [0.2, 0.25) is 5.91 Å². The van der Waals surface area contributed by atoms with Crippen molar-refractivity contribution in [2.45, 2.75) is 39.0 Å². The number of amides is 1. The van der Waals surface area contributed by atoms with Crippen molar-refractivity contribution >= 4 is 39.7 Å². The van der Waals surface area contributed by atoms with Crippen LogP contribution in [0.1, 0.15) is 44.7 Å². The Balaban J connectivity index is 1.73. The first kappa shape index (κ1) is 21.5. The number of hydrogen-bond acceptors (Lipinski definition) is 3. The third kappa shape index (κ3) is 7.00. The van der Waals surface area contributed by atoms with E-state index in [1.54, 1.807) is 6.07 Å². The Labute approximate surface area is 174 Å². The first-order valence-electron chi connectivity index (χ1n) is 8.76. The number of halogens is 2. The number of nitrogens with one attached hydrogen (secondary N) is 1. The molecule has 0 aliphatic carbocycles. The maximum Gasteiger partial charge on any atom is 0.240 e. The standard InChI is InChI=1S/C21H24BrClN2O2/c1-21(2,3)16-10-11-19(17(22)13-16)27-12-6-9-20(26)25-24-14-15-7-4-5-8-18(15)23/h4-5,7-8,10-11,13-14H,6,9,12H2,1-3H3,(H,25,26)/b24-14+. The lowest BCUT2D eigenvalue weighted by Crippen LogP contribution is -2.18. The molecule has 2 aromatic carbocycles. The van der Waals surface area contributed by atoms with Crippen LogP contribution in [0.4, 0.5) is 0 Å². The van der Waals surface area contributed by atoms with Crippen molar-refractivity contribution in [1.29, 1.82) is 0 Å². The van der Waals surface area contributed by atoms with Gasteiger partial charge < -0.3 is 4.74 Å². The van der Waals surface area contributed by atoms with Crippen LogP contribution in [0.2, 0.25) is 5.02 Å². The van der Waals surface area contributed by atoms with Crippen LogP contribution in [0.15, 0.2) is 52.0 Å². The molecule has 1 N–H and O–H groups in total. The van der Waals surface area contributed by atoms with Crippen molar-refractivity contribution in [3.05, 3.63) is 63.1 Å². The average Bonchev–Trinajstić information content (AvgIpc) is 2.60. The highest BCUT2D eigenvalue weighted by Crippen LogP contribution is 2.31. The summed E-state index contributed by atoms with van der Waals surface area (Å²) in [4.78, 5) is 11.8. The van der Waals surface area contributed by atoms with Crippen LogP contribution in [0.25, 0.3) is 0 Å². The maximum absolute atomic E-state index is 11.8. The van der Waals surface area contributed by atoms with Gasteiger partial charge in [0, 0.05) is 17.0 Å². The molecule has 0 aliphatic heterocycles. The van der Waals surface area contributed by atoms with Crippen molar-refractivity contribution in [2.24, 2.45) is 5.10 Å². The zero-order valence-corrected chi connectivity index (χ0v) is 18.1. The van der Waals surface area contributed by atoms with E-state index in [9.17, 15) is 4.79 Å². The minimum Gasteiger partial charge on any atom is -0.492 e. The summed E-state index contributed by atoms with van der Waals surface area (Å²) in [5, 5.41) is 4.52. The van der Waals surface area contributed by atoms with Gasteiger partial charge in [0.05, 0.1) is 17.3 Å². The second-order valence-corrected chi connectivity index (χ2v) is 8.42. The Morgan fingerprint density at radius 1 is 1.26 bits per heavy atom. The molecule has 0 aromatic heterocycles. The van der Waals surface area contributed by atoms with E-state index in [4.69, 9.17) is 16.3 Å². The van der Waals surface area contributed by atoms with E-state index in [-0.39, 0.29) is 11.3 Å². The number of rotatable bonds is 7. The number of hydrogen-bond donors (Lipinski definition) is 1. The summed E-state index contributed by atoms with van der Waals surface area (Å²) in [6, 6.07) is 13.4. The average molecular weight is 452 g/mol. The summed E-state index contributed by atoms with van der Waals surface area (Å²) in [7, 11) is 0. The third-order valence-electron chi connectivity index (χ3n) is 3.90. The topological polar surface area (TPSA) is 50.7 Å². The van der Waals surface area contributed by atoms with Gasteiger partial charge in [-0.05, 0) is 51.5 Å². The van der Waals surface area contributed by atoms with Gasteiger partial charge in [0.15, 0.2) is 0 Å². The lowest BCUT2D eigenvalue weighted by Gasteiger charge is -2.20. The summed E-state index contributed by atoms with van der Waals surface area (Å²) in [6.07, 6.45) is 2.46. The molecule has 1 amide bonds. The van der Waals surface area contributed by atoms with Crippen molar-refractivity contribution < 1.29 is 9.53 Å². The largest absolute Gasteiger partial charge is 0.492 e. The molecule has 0 unspecified atom stereocenters. The van der Waals surface area contributed by atoms with E-state index in [0.29, 0.717) is 24.5 Å². The Morgan fingerprint density at radius 3 is 2.67 bits per heavy atom. The molecule has 0 saturated heterocycles. The van der Waals surface area contributed by atoms with Crippen molar-refractivity contribution in [3.63, 3.8) is 0 Å². The molecule has 2 aromatic rings. The molecule has 0 bridgehead atoms. The Bertz CT molecular complexity index is 816. The van der Waals surface area contributed by atoms with Gasteiger partial charge in [-0.3, -0.25) is 4.79 Å². The van der Waals surface area contributed by atoms with Gasteiger partial charge in [-0.15, -0.1) is 0 Å². The van der Waals surface area contributed by atoms with Crippen molar-refractivity contribution in [1.82, 2.24) is 5.43 Å². The minimum atomic E-state index is -0.163. The quantitative estimate of drug-likeness (QED) is 0.333. The number of hydrazone groups is 1. The molecule has 144 valence electrons. The van der Waals surface area contributed by atoms with Crippen molar-refractivity contribution in [3.8, 4) is 5.75 Å². The van der Waals surface area contributed by atoms with Gasteiger partial charge in [0.1, 0.15) is 5.75 Å². The fraction of sp³-hybridized carbons (Fsp3) is 0.333. The fourth-order valence-electron chi connectivity index (χ4n) is 2.31. The molecule has 4 nitrogen and oxygen atoms in total. The van der Waals surface area contributed by atoms with Crippen LogP contribution >= 0.6 is 27.5 Å². The van der Waals surface area contributed by atoms with Crippen LogP contribution in [0.5, 0.6) is 5.75 Å². The first-order valence-corrected chi connectivity index (χ1v) is 9.94. The molecule has 27 heavy (non-hydrogen) atoms. The highest BCUT2D eigenvalue weighted by atomic mass is 79.9. The smallest absolute Gasteiger partial charge is 0.240 e. The second-order valence-electron chi connectivity index (χ2n) is 7.16. The predicted octanol–water partition coefficient (Wildman–Crippen LogP) is 5.71. The minimum absolute atomic E-state index is 0.0869. The van der Waals surface area contributed by atoms with E-state index in [0.717, 1.165) is 15.8 Å². The molecule has 0 heterocycles. The molecule has 0 radical (unpaired) electrons. The number of benzene rings is 2. The summed E-state index contributed by atoms with van der Waals surface area (Å²) in [6.45, 7) is 6.96. The van der Waals surface area contributed by atoms with E-state index < -0.39 is 0 Å². The summed E-state index contributed by atoms with van der Waals surface area (Å²) < 4.78 is 6.68. The lowest BCUT2D eigenvalue weighted by molar-refractivity contribution is -0.121. The van der Waals surface area contributed by atoms with E-state index in [1.165, 1.54) is 11.8 Å². The molecular formula is C21H24BrClN2O2. The normalized spacial score (nSPS) is 11.6. The highest BCUT2D eigenvalue weighted by molar-refractivity contribution is 9.10. The van der Waals surface area contributed by atoms with Gasteiger partial charge >= 0.3 is 0 Å². The van der Waals surface area contributed by atoms with Crippen LogP contribution in [-0.4, -0.2) is 18.7 Å². The number of carbonyl (C=O) groups excluding carboxylic acids is 1. The second kappa shape index (κ2) is 9.90. The molecule has 6 heteroatoms. The molecule has 0 atom stereocenters. The van der Waals surface area contributed by atoms with Gasteiger partial charge in [-0.25, -0.2) is 5.43 Å². The molecule has 0 saturated carbocycles. The van der Waals surface area contributed by atoms with Gasteiger partial charge in [0.25, 0.3) is 0 Å². The maximum atomic E-state index is 11.8. The van der Waals surface area contributed by atoms with E-state index in [1.807, 2.05) is 24.3 Å². The van der Waals surface area contributed by atoms with Crippen LogP contribution in [0, 0.1) is 0 Å². The van der Waals surface area contributed by atoms with E-state index in [2.05, 4.69) is 59.4 Å². The van der Waals surface area contributed by atoms with E-state index >= 15 is 0 Å². The SMILES string of the molecule is CC(C)(C)c1ccc(OCCCC(=O)N/N=C/c2ccccc2Cl)c(Br)c1. The fourth-order valence-corrected chi connectivity index (χ4v) is 2.99. The molecule has 0 aliphatic rings. The first-order chi connectivity index (χ1) is 12.8. The molecule has 2 rings (SSSR count). The van der Waals surface area contributed by atoms with Gasteiger partial charge in [-0.2, -0.15) is 5.10 Å². The number of nitrogens with zero attached hydrogens (tertiary/aromatic N) is 1. The van der Waals surface area contributed by atoms with Crippen LogP contribution < -0.4 is 10.2 Å². The van der Waals surface area contributed by atoms with Crippen molar-refractivity contribution in [2.75, 3.05) is 6.61 Å². The van der Waals surface area contributed by atoms with Crippen LogP contribution in [-0.2, 0) is 10.2 Å². The zero-order valence-electron chi connectivity index (χ0n) is 15.8. The predicted molar refractivity (Wildman–Crippen MR) is 115 cm³/mol. The monoisotopic (exact) mass is 450 g/mol. The lowest BCUT2D eigenvalue weighted by atomic mass is 9.87. The summed E-state index contributed by atoms with van der Waals surface area (Å²) in [5.41, 5.74) is 4.58. The number of ether oxygens (including phenoxy) is 1. The Morgan fingerprint density at radius 2 is 2.00 bits per heavy atom. The molecular weight excluding hydrogens is 428 g/mol. The summed E-state index contributed by atoms with van der Waals surface area (Å²) >= 11 is 9.57. The Kier molecular flexibility index (Phi) is 7.87. The van der Waals surface area contributed by atoms with Crippen LogP contribution in [0.3, 0.4) is 0 Å². The Hall–Kier alpha value is -1.85.